The van der Waals surface area contributed by atoms with Crippen molar-refractivity contribution < 1.29 is 19.7 Å². The monoisotopic (exact) mass is 478 g/mol. The van der Waals surface area contributed by atoms with Crippen LogP contribution >= 0.6 is 0 Å². The van der Waals surface area contributed by atoms with E-state index in [1.165, 1.54) is 64.2 Å². The van der Waals surface area contributed by atoms with Crippen molar-refractivity contribution in [2.45, 2.75) is 96.7 Å². The maximum absolute atomic E-state index is 13.6. The van der Waals surface area contributed by atoms with E-state index in [-0.39, 0.29) is 17.0 Å². The second-order valence-electron chi connectivity index (χ2n) is 14.2. The van der Waals surface area contributed by atoms with Gasteiger partial charge < -0.3 is 4.74 Å². The van der Waals surface area contributed by atoms with Gasteiger partial charge in [0.1, 0.15) is 11.7 Å². The van der Waals surface area contributed by atoms with Crippen molar-refractivity contribution in [2.75, 3.05) is 0 Å². The normalized spacial score (nSPS) is 47.8. The van der Waals surface area contributed by atoms with E-state index in [0.717, 1.165) is 34.8 Å². The van der Waals surface area contributed by atoms with Gasteiger partial charge in [0.25, 0.3) is 0 Å². The molecule has 0 spiro atoms. The minimum absolute atomic E-state index is 0.0927. The number of rotatable bonds is 5. The second-order valence-corrected chi connectivity index (χ2v) is 14.2. The number of hydrogen-bond acceptors (Lipinski definition) is 4. The Kier molecular flexibility index (Phi) is 5.08. The molecule has 1 aromatic carbocycles. The van der Waals surface area contributed by atoms with Crippen LogP contribution in [0.2, 0.25) is 0 Å². The van der Waals surface area contributed by atoms with Crippen molar-refractivity contribution in [3.8, 4) is 0 Å². The van der Waals surface area contributed by atoms with Gasteiger partial charge in [0.05, 0.1) is 5.56 Å². The van der Waals surface area contributed by atoms with Crippen molar-refractivity contribution in [2.24, 2.45) is 52.8 Å². The number of carbonyl (C=O) groups is 1. The molecule has 1 unspecified atom stereocenters. The zero-order valence-electron chi connectivity index (χ0n) is 21.7. The summed E-state index contributed by atoms with van der Waals surface area (Å²) in [5, 5.41) is 10.3. The van der Waals surface area contributed by atoms with E-state index < -0.39 is 6.10 Å². The third-order valence-corrected chi connectivity index (χ3v) is 12.3. The second kappa shape index (κ2) is 7.81. The zero-order chi connectivity index (χ0) is 24.1. The summed E-state index contributed by atoms with van der Waals surface area (Å²) < 4.78 is 6.45. The molecular formula is C31H42O4. The van der Waals surface area contributed by atoms with E-state index in [1.54, 1.807) is 0 Å². The van der Waals surface area contributed by atoms with Gasteiger partial charge in [-0.2, -0.15) is 0 Å². The van der Waals surface area contributed by atoms with Gasteiger partial charge in [-0.05, 0) is 149 Å². The molecule has 35 heavy (non-hydrogen) atoms. The van der Waals surface area contributed by atoms with Crippen molar-refractivity contribution in [3.05, 3.63) is 34.9 Å². The minimum Gasteiger partial charge on any atom is -0.455 e. The third-order valence-electron chi connectivity index (χ3n) is 12.3. The van der Waals surface area contributed by atoms with Crippen molar-refractivity contribution in [1.82, 2.24) is 0 Å². The molecule has 9 rings (SSSR count). The maximum Gasteiger partial charge on any atom is 0.338 e. The summed E-state index contributed by atoms with van der Waals surface area (Å²) in [6.07, 6.45) is 12.3. The molecule has 0 aliphatic heterocycles. The first kappa shape index (κ1) is 22.8. The summed E-state index contributed by atoms with van der Waals surface area (Å²) in [5.74, 6) is 5.39. The maximum atomic E-state index is 13.6. The molecule has 0 radical (unpaired) electrons. The standard InChI is InChI=1S/C31H42O4/c1-17-4-22(28(35-33)30(2)24-8-18-6-19(10-24)11-25(30)9-18)16-23(5-17)29(32)34-31(3)26-12-20-7-21(14-26)15-27(31)13-20/h4-5,16,18-21,24-28,33H,6-15H2,1-3H3. The Labute approximate surface area is 210 Å². The first-order valence-corrected chi connectivity index (χ1v) is 14.4. The fourth-order valence-electron chi connectivity index (χ4n) is 10.8. The molecule has 8 fully saturated rings. The number of carbonyl (C=O) groups excluding carboxylic acids is 1. The van der Waals surface area contributed by atoms with E-state index in [2.05, 4.69) is 19.9 Å². The largest absolute Gasteiger partial charge is 0.455 e. The number of aryl methyl sites for hydroxylation is 1. The van der Waals surface area contributed by atoms with E-state index in [1.807, 2.05) is 19.1 Å². The van der Waals surface area contributed by atoms with Gasteiger partial charge in [0.15, 0.2) is 0 Å². The first-order chi connectivity index (χ1) is 16.8. The van der Waals surface area contributed by atoms with Crippen LogP contribution in [0.5, 0.6) is 0 Å². The highest BCUT2D eigenvalue weighted by molar-refractivity contribution is 5.90. The van der Waals surface area contributed by atoms with Crippen LogP contribution in [0.25, 0.3) is 0 Å². The molecule has 8 aliphatic carbocycles. The Morgan fingerprint density at radius 2 is 1.29 bits per heavy atom. The van der Waals surface area contributed by atoms with Crippen LogP contribution in [0.4, 0.5) is 0 Å². The minimum atomic E-state index is -0.402. The summed E-state index contributed by atoms with van der Waals surface area (Å²) in [6.45, 7) is 6.60. The number of ether oxygens (including phenoxy) is 1. The van der Waals surface area contributed by atoms with Crippen LogP contribution in [-0.4, -0.2) is 16.8 Å². The summed E-state index contributed by atoms with van der Waals surface area (Å²) in [6, 6.07) is 6.03. The molecule has 190 valence electrons. The molecule has 0 saturated heterocycles. The zero-order valence-corrected chi connectivity index (χ0v) is 21.7. The van der Waals surface area contributed by atoms with E-state index in [9.17, 15) is 10.1 Å². The quantitative estimate of drug-likeness (QED) is 0.273. The van der Waals surface area contributed by atoms with Gasteiger partial charge in [0.2, 0.25) is 0 Å². The fraction of sp³-hybridized carbons (Fsp3) is 0.774. The highest BCUT2D eigenvalue weighted by Gasteiger charge is 2.59. The molecule has 4 heteroatoms. The van der Waals surface area contributed by atoms with Gasteiger partial charge in [0, 0.05) is 5.41 Å². The van der Waals surface area contributed by atoms with Crippen LogP contribution in [0.1, 0.15) is 106 Å². The van der Waals surface area contributed by atoms with Crippen LogP contribution in [0.15, 0.2) is 18.2 Å². The Morgan fingerprint density at radius 3 is 1.77 bits per heavy atom. The van der Waals surface area contributed by atoms with Crippen LogP contribution in [0, 0.1) is 59.7 Å². The Morgan fingerprint density at radius 1 is 0.800 bits per heavy atom. The molecule has 1 atom stereocenters. The molecule has 1 aromatic rings. The van der Waals surface area contributed by atoms with Gasteiger partial charge in [-0.1, -0.05) is 13.0 Å². The molecule has 1 N–H and O–H groups in total. The van der Waals surface area contributed by atoms with E-state index >= 15 is 0 Å². The van der Waals surface area contributed by atoms with Crippen LogP contribution in [-0.2, 0) is 9.62 Å². The average Bonchev–Trinajstić information content (AvgIpc) is 2.80. The number of benzene rings is 1. The van der Waals surface area contributed by atoms with Crippen molar-refractivity contribution in [1.29, 1.82) is 0 Å². The predicted octanol–water partition coefficient (Wildman–Crippen LogP) is 7.36. The van der Waals surface area contributed by atoms with Crippen molar-refractivity contribution >= 4 is 5.97 Å². The molecule has 4 nitrogen and oxygen atoms in total. The highest BCUT2D eigenvalue weighted by atomic mass is 17.1. The van der Waals surface area contributed by atoms with E-state index in [0.29, 0.717) is 29.2 Å². The summed E-state index contributed by atoms with van der Waals surface area (Å²) in [5.41, 5.74) is 2.15. The molecular weight excluding hydrogens is 436 g/mol. The Hall–Kier alpha value is -1.39. The lowest BCUT2D eigenvalue weighted by atomic mass is 9.44. The average molecular weight is 479 g/mol. The van der Waals surface area contributed by atoms with Gasteiger partial charge in [-0.15, -0.1) is 0 Å². The number of hydrogen-bond donors (Lipinski definition) is 1. The summed E-state index contributed by atoms with van der Waals surface area (Å²) in [7, 11) is 0. The van der Waals surface area contributed by atoms with Gasteiger partial charge >= 0.3 is 5.97 Å². The lowest BCUT2D eigenvalue weighted by molar-refractivity contribution is -0.331. The smallest absolute Gasteiger partial charge is 0.338 e. The Bertz CT molecular complexity index is 971. The molecule has 0 aromatic heterocycles. The van der Waals surface area contributed by atoms with Crippen LogP contribution in [0.3, 0.4) is 0 Å². The van der Waals surface area contributed by atoms with Gasteiger partial charge in [-0.3, -0.25) is 5.26 Å². The first-order valence-electron chi connectivity index (χ1n) is 14.4. The molecule has 8 aliphatic rings. The molecule has 0 amide bonds. The predicted molar refractivity (Wildman–Crippen MR) is 134 cm³/mol. The van der Waals surface area contributed by atoms with Crippen molar-refractivity contribution in [3.63, 3.8) is 0 Å². The fourth-order valence-corrected chi connectivity index (χ4v) is 10.8. The summed E-state index contributed by atoms with van der Waals surface area (Å²) in [4.78, 5) is 19.0. The molecule has 8 saturated carbocycles. The lowest BCUT2D eigenvalue weighted by Crippen LogP contribution is -2.58. The van der Waals surface area contributed by atoms with Crippen LogP contribution < -0.4 is 0 Å². The Balaban J connectivity index is 1.17. The topological polar surface area (TPSA) is 55.8 Å². The SMILES string of the molecule is Cc1cc(C(=O)OC2(C)C3CC4CC(C3)CC2C4)cc(C(OO)C2(C)C3CC4CC(C3)CC2C4)c1. The summed E-state index contributed by atoms with van der Waals surface area (Å²) >= 11 is 0. The number of esters is 1. The van der Waals surface area contributed by atoms with E-state index in [4.69, 9.17) is 9.62 Å². The van der Waals surface area contributed by atoms with Gasteiger partial charge in [-0.25, -0.2) is 9.68 Å². The highest BCUT2D eigenvalue weighted by Crippen LogP contribution is 2.66. The lowest BCUT2D eigenvalue weighted by Gasteiger charge is -2.61. The third kappa shape index (κ3) is 3.34. The molecule has 8 bridgehead atoms. The molecule has 0 heterocycles.